The van der Waals surface area contributed by atoms with Crippen molar-refractivity contribution in [2.24, 2.45) is 11.7 Å². The molecule has 3 rings (SSSR count). The Bertz CT molecular complexity index is 420. The summed E-state index contributed by atoms with van der Waals surface area (Å²) in [7, 11) is 0. The summed E-state index contributed by atoms with van der Waals surface area (Å²) in [4.78, 5) is 2.65. The summed E-state index contributed by atoms with van der Waals surface area (Å²) in [5, 5.41) is 0. The zero-order valence-electron chi connectivity index (χ0n) is 12.0. The SMILES string of the molecule is Cc1oc(CN2CCCC2C2CCCC2)cc1CN. The maximum atomic E-state index is 5.86. The second-order valence-corrected chi connectivity index (χ2v) is 6.22. The molecular weight excluding hydrogens is 236 g/mol. The smallest absolute Gasteiger partial charge is 0.118 e. The van der Waals surface area contributed by atoms with Gasteiger partial charge in [-0.05, 0) is 51.1 Å². The van der Waals surface area contributed by atoms with Gasteiger partial charge in [-0.15, -0.1) is 0 Å². The van der Waals surface area contributed by atoms with Crippen molar-refractivity contribution in [3.63, 3.8) is 0 Å². The molecule has 0 spiro atoms. The lowest BCUT2D eigenvalue weighted by atomic mass is 9.96. The Morgan fingerprint density at radius 2 is 2.05 bits per heavy atom. The first-order valence-corrected chi connectivity index (χ1v) is 7.80. The van der Waals surface area contributed by atoms with Gasteiger partial charge in [0, 0.05) is 18.2 Å². The zero-order valence-corrected chi connectivity index (χ0v) is 12.0. The molecule has 0 amide bonds. The molecule has 2 N–H and O–H groups in total. The average molecular weight is 262 g/mol. The predicted octanol–water partition coefficient (Wildman–Crippen LogP) is 3.20. The Hall–Kier alpha value is -0.800. The van der Waals surface area contributed by atoms with Crippen LogP contribution < -0.4 is 5.73 Å². The third-order valence-corrected chi connectivity index (χ3v) is 5.01. The number of hydrogen-bond donors (Lipinski definition) is 1. The van der Waals surface area contributed by atoms with Crippen molar-refractivity contribution in [1.29, 1.82) is 0 Å². The molecule has 1 saturated carbocycles. The number of rotatable bonds is 4. The summed E-state index contributed by atoms with van der Waals surface area (Å²) >= 11 is 0. The van der Waals surface area contributed by atoms with E-state index in [1.807, 2.05) is 6.92 Å². The van der Waals surface area contributed by atoms with Crippen molar-refractivity contribution in [1.82, 2.24) is 4.90 Å². The molecule has 2 aliphatic rings. The van der Waals surface area contributed by atoms with E-state index in [4.69, 9.17) is 10.2 Å². The van der Waals surface area contributed by atoms with Gasteiger partial charge in [0.15, 0.2) is 0 Å². The molecule has 0 radical (unpaired) electrons. The van der Waals surface area contributed by atoms with E-state index >= 15 is 0 Å². The summed E-state index contributed by atoms with van der Waals surface area (Å²) in [6, 6.07) is 2.95. The Kier molecular flexibility index (Phi) is 3.94. The van der Waals surface area contributed by atoms with E-state index in [2.05, 4.69) is 11.0 Å². The molecule has 2 fully saturated rings. The van der Waals surface area contributed by atoms with Crippen molar-refractivity contribution < 1.29 is 4.42 Å². The largest absolute Gasteiger partial charge is 0.465 e. The number of aryl methyl sites for hydroxylation is 1. The van der Waals surface area contributed by atoms with Crippen LogP contribution in [0.2, 0.25) is 0 Å². The Balaban J connectivity index is 1.67. The van der Waals surface area contributed by atoms with E-state index < -0.39 is 0 Å². The molecule has 1 atom stereocenters. The minimum absolute atomic E-state index is 0.585. The van der Waals surface area contributed by atoms with Crippen LogP contribution in [0.5, 0.6) is 0 Å². The van der Waals surface area contributed by atoms with E-state index in [9.17, 15) is 0 Å². The lowest BCUT2D eigenvalue weighted by Crippen LogP contribution is -2.34. The molecule has 1 unspecified atom stereocenters. The zero-order chi connectivity index (χ0) is 13.2. The standard InChI is InChI=1S/C16H26N2O/c1-12-14(10-17)9-15(19-12)11-18-8-4-7-16(18)13-5-2-3-6-13/h9,13,16H,2-8,10-11,17H2,1H3. The number of nitrogens with zero attached hydrogens (tertiary/aromatic N) is 1. The van der Waals surface area contributed by atoms with Gasteiger partial charge >= 0.3 is 0 Å². The van der Waals surface area contributed by atoms with E-state index in [0.29, 0.717) is 6.54 Å². The molecular formula is C16H26N2O. The molecule has 1 aromatic rings. The minimum Gasteiger partial charge on any atom is -0.465 e. The molecule has 1 aromatic heterocycles. The highest BCUT2D eigenvalue weighted by Gasteiger charge is 2.33. The monoisotopic (exact) mass is 262 g/mol. The molecule has 19 heavy (non-hydrogen) atoms. The third-order valence-electron chi connectivity index (χ3n) is 5.01. The molecule has 1 aliphatic carbocycles. The van der Waals surface area contributed by atoms with Gasteiger partial charge in [-0.1, -0.05) is 12.8 Å². The van der Waals surface area contributed by atoms with Crippen molar-refractivity contribution >= 4 is 0 Å². The fraction of sp³-hybridized carbons (Fsp3) is 0.750. The van der Waals surface area contributed by atoms with Gasteiger partial charge in [0.25, 0.3) is 0 Å². The van der Waals surface area contributed by atoms with Gasteiger partial charge in [0.05, 0.1) is 6.54 Å². The molecule has 106 valence electrons. The van der Waals surface area contributed by atoms with Crippen LogP contribution in [0.15, 0.2) is 10.5 Å². The van der Waals surface area contributed by atoms with Crippen molar-refractivity contribution in [3.05, 3.63) is 23.2 Å². The first kappa shape index (κ1) is 13.2. The van der Waals surface area contributed by atoms with Crippen LogP contribution in [0.3, 0.4) is 0 Å². The van der Waals surface area contributed by atoms with Gasteiger partial charge in [0.2, 0.25) is 0 Å². The summed E-state index contributed by atoms with van der Waals surface area (Å²) in [5.74, 6) is 3.03. The van der Waals surface area contributed by atoms with E-state index in [1.54, 1.807) is 0 Å². The molecule has 3 nitrogen and oxygen atoms in total. The topological polar surface area (TPSA) is 42.4 Å². The maximum Gasteiger partial charge on any atom is 0.118 e. The van der Waals surface area contributed by atoms with Gasteiger partial charge < -0.3 is 10.2 Å². The fourth-order valence-electron chi connectivity index (χ4n) is 3.99. The minimum atomic E-state index is 0.585. The molecule has 0 aromatic carbocycles. The molecule has 0 bridgehead atoms. The van der Waals surface area contributed by atoms with Crippen LogP contribution in [0.4, 0.5) is 0 Å². The average Bonchev–Trinajstić information content (AvgIpc) is 3.09. The lowest BCUT2D eigenvalue weighted by Gasteiger charge is -2.28. The summed E-state index contributed by atoms with van der Waals surface area (Å²) in [5.41, 5.74) is 6.88. The van der Waals surface area contributed by atoms with Crippen LogP contribution in [-0.4, -0.2) is 17.5 Å². The number of likely N-dealkylation sites (tertiary alicyclic amines) is 1. The van der Waals surface area contributed by atoms with Crippen molar-refractivity contribution in [2.75, 3.05) is 6.54 Å². The first-order valence-electron chi connectivity index (χ1n) is 7.80. The molecule has 2 heterocycles. The Morgan fingerprint density at radius 3 is 2.74 bits per heavy atom. The molecule has 3 heteroatoms. The van der Waals surface area contributed by atoms with Gasteiger partial charge in [-0.2, -0.15) is 0 Å². The van der Waals surface area contributed by atoms with Crippen LogP contribution in [0.1, 0.15) is 55.6 Å². The highest BCUT2D eigenvalue weighted by Crippen LogP contribution is 2.36. The maximum absolute atomic E-state index is 5.86. The lowest BCUT2D eigenvalue weighted by molar-refractivity contribution is 0.170. The fourth-order valence-corrected chi connectivity index (χ4v) is 3.99. The van der Waals surface area contributed by atoms with Crippen molar-refractivity contribution in [3.8, 4) is 0 Å². The van der Waals surface area contributed by atoms with Gasteiger partial charge in [-0.3, -0.25) is 4.90 Å². The van der Waals surface area contributed by atoms with E-state index in [0.717, 1.165) is 35.6 Å². The molecule has 1 aliphatic heterocycles. The summed E-state index contributed by atoms with van der Waals surface area (Å²) in [6.45, 7) is 4.81. The second kappa shape index (κ2) is 5.68. The van der Waals surface area contributed by atoms with Gasteiger partial charge in [0.1, 0.15) is 11.5 Å². The quantitative estimate of drug-likeness (QED) is 0.906. The summed E-state index contributed by atoms with van der Waals surface area (Å²) in [6.07, 6.45) is 8.48. The number of furan rings is 1. The van der Waals surface area contributed by atoms with E-state index in [1.165, 1.54) is 45.1 Å². The highest BCUT2D eigenvalue weighted by atomic mass is 16.3. The van der Waals surface area contributed by atoms with E-state index in [-0.39, 0.29) is 0 Å². The number of hydrogen-bond acceptors (Lipinski definition) is 3. The van der Waals surface area contributed by atoms with Gasteiger partial charge in [-0.25, -0.2) is 0 Å². The second-order valence-electron chi connectivity index (χ2n) is 6.22. The van der Waals surface area contributed by atoms with Crippen LogP contribution in [0.25, 0.3) is 0 Å². The normalized spacial score (nSPS) is 25.5. The van der Waals surface area contributed by atoms with Crippen LogP contribution in [0, 0.1) is 12.8 Å². The third kappa shape index (κ3) is 2.72. The van der Waals surface area contributed by atoms with Crippen LogP contribution in [-0.2, 0) is 13.1 Å². The highest BCUT2D eigenvalue weighted by molar-refractivity contribution is 5.20. The Morgan fingerprint density at radius 1 is 1.26 bits per heavy atom. The van der Waals surface area contributed by atoms with Crippen molar-refractivity contribution in [2.45, 2.75) is 64.6 Å². The van der Waals surface area contributed by atoms with Crippen LogP contribution >= 0.6 is 0 Å². The summed E-state index contributed by atoms with van der Waals surface area (Å²) < 4.78 is 5.86. The molecule has 1 saturated heterocycles. The predicted molar refractivity (Wildman–Crippen MR) is 76.7 cm³/mol. The first-order chi connectivity index (χ1) is 9.28. The Labute approximate surface area is 116 Å². The number of nitrogens with two attached hydrogens (primary N) is 1.